The fraction of sp³-hybridized carbons (Fsp3) is 0.0833. The average molecular weight is 430 g/mol. The van der Waals surface area contributed by atoms with Crippen molar-refractivity contribution in [2.24, 2.45) is 5.10 Å². The summed E-state index contributed by atoms with van der Waals surface area (Å²) in [5.74, 6) is -1.64. The second-order valence-corrected chi connectivity index (χ2v) is 6.79. The third-order valence-corrected chi connectivity index (χ3v) is 4.43. The Bertz CT molecular complexity index is 1140. The molecule has 0 spiro atoms. The molecule has 0 bridgehead atoms. The van der Waals surface area contributed by atoms with Gasteiger partial charge in [-0.15, -0.1) is 0 Å². The van der Waals surface area contributed by atoms with Gasteiger partial charge in [0.25, 0.3) is 5.91 Å². The van der Waals surface area contributed by atoms with Crippen LogP contribution in [0.2, 0.25) is 0 Å². The molecule has 32 heavy (non-hydrogen) atoms. The van der Waals surface area contributed by atoms with Crippen LogP contribution in [0.4, 0.5) is 11.4 Å². The Morgan fingerprint density at radius 3 is 2.22 bits per heavy atom. The van der Waals surface area contributed by atoms with Gasteiger partial charge in [0.15, 0.2) is 0 Å². The number of para-hydroxylation sites is 1. The van der Waals surface area contributed by atoms with E-state index in [1.807, 2.05) is 19.1 Å². The molecule has 0 saturated heterocycles. The molecule has 0 aliphatic heterocycles. The zero-order valence-electron chi connectivity index (χ0n) is 17.6. The number of methoxy groups -OCH3 is 1. The monoisotopic (exact) mass is 430 g/mol. The zero-order valence-corrected chi connectivity index (χ0v) is 17.6. The number of hydrogen-bond donors (Lipinski definition) is 3. The second kappa shape index (κ2) is 10.5. The lowest BCUT2D eigenvalue weighted by atomic mass is 10.1. The maximum absolute atomic E-state index is 12.7. The van der Waals surface area contributed by atoms with Crippen molar-refractivity contribution in [3.05, 3.63) is 89.5 Å². The van der Waals surface area contributed by atoms with Gasteiger partial charge in [-0.1, -0.05) is 29.8 Å². The number of amides is 3. The number of ether oxygens (including phenoxy) is 1. The fourth-order valence-corrected chi connectivity index (χ4v) is 2.71. The van der Waals surface area contributed by atoms with Gasteiger partial charge in [-0.25, -0.2) is 5.43 Å². The van der Waals surface area contributed by atoms with E-state index in [9.17, 15) is 14.4 Å². The van der Waals surface area contributed by atoms with Crippen LogP contribution in [0.15, 0.2) is 77.9 Å². The predicted molar refractivity (Wildman–Crippen MR) is 123 cm³/mol. The van der Waals surface area contributed by atoms with Crippen LogP contribution in [-0.4, -0.2) is 31.0 Å². The second-order valence-electron chi connectivity index (χ2n) is 6.79. The summed E-state index contributed by atoms with van der Waals surface area (Å²) in [6, 6.07) is 20.7. The lowest BCUT2D eigenvalue weighted by Crippen LogP contribution is -2.33. The molecule has 0 saturated carbocycles. The Morgan fingerprint density at radius 2 is 1.53 bits per heavy atom. The summed E-state index contributed by atoms with van der Waals surface area (Å²) in [6.07, 6.45) is 1.40. The predicted octanol–water partition coefficient (Wildman–Crippen LogP) is 3.34. The summed E-state index contributed by atoms with van der Waals surface area (Å²) in [5.41, 5.74) is 4.98. The van der Waals surface area contributed by atoms with Crippen molar-refractivity contribution < 1.29 is 19.1 Å². The Hall–Kier alpha value is -4.46. The lowest BCUT2D eigenvalue weighted by Gasteiger charge is -2.11. The van der Waals surface area contributed by atoms with Crippen molar-refractivity contribution in [3.8, 4) is 5.75 Å². The maximum Gasteiger partial charge on any atom is 0.329 e. The Balaban J connectivity index is 1.61. The molecule has 3 amide bonds. The molecular formula is C24H22N4O4. The number of nitrogens with one attached hydrogen (secondary N) is 3. The van der Waals surface area contributed by atoms with Gasteiger partial charge in [-0.2, -0.15) is 5.10 Å². The molecule has 3 aromatic rings. The van der Waals surface area contributed by atoms with Crippen molar-refractivity contribution in [2.75, 3.05) is 17.7 Å². The van der Waals surface area contributed by atoms with Gasteiger partial charge in [0, 0.05) is 5.69 Å². The first-order valence-electron chi connectivity index (χ1n) is 9.72. The van der Waals surface area contributed by atoms with Crippen molar-refractivity contribution >= 4 is 35.3 Å². The molecule has 8 heteroatoms. The van der Waals surface area contributed by atoms with Gasteiger partial charge in [0.2, 0.25) is 0 Å². The third kappa shape index (κ3) is 6.02. The summed E-state index contributed by atoms with van der Waals surface area (Å²) in [6.45, 7) is 1.95. The number of anilines is 2. The summed E-state index contributed by atoms with van der Waals surface area (Å²) in [7, 11) is 1.56. The summed E-state index contributed by atoms with van der Waals surface area (Å²) in [5, 5.41) is 8.99. The van der Waals surface area contributed by atoms with Crippen LogP contribution in [0.25, 0.3) is 0 Å². The Morgan fingerprint density at radius 1 is 0.844 bits per heavy atom. The van der Waals surface area contributed by atoms with E-state index in [1.165, 1.54) is 12.3 Å². The van der Waals surface area contributed by atoms with E-state index in [4.69, 9.17) is 4.74 Å². The van der Waals surface area contributed by atoms with E-state index in [2.05, 4.69) is 21.2 Å². The van der Waals surface area contributed by atoms with E-state index < -0.39 is 17.7 Å². The van der Waals surface area contributed by atoms with E-state index in [1.54, 1.807) is 61.7 Å². The smallest absolute Gasteiger partial charge is 0.329 e. The quantitative estimate of drug-likeness (QED) is 0.317. The molecule has 0 atom stereocenters. The van der Waals surface area contributed by atoms with Gasteiger partial charge in [0.1, 0.15) is 5.75 Å². The minimum absolute atomic E-state index is 0.205. The van der Waals surface area contributed by atoms with E-state index in [0.717, 1.165) is 5.56 Å². The number of benzene rings is 3. The van der Waals surface area contributed by atoms with Gasteiger partial charge in [0.05, 0.1) is 24.6 Å². The number of carbonyl (C=O) groups is 3. The minimum Gasteiger partial charge on any atom is -0.497 e. The largest absolute Gasteiger partial charge is 0.497 e. The highest BCUT2D eigenvalue weighted by Gasteiger charge is 2.17. The Labute approximate surface area is 185 Å². The average Bonchev–Trinajstić information content (AvgIpc) is 2.81. The van der Waals surface area contributed by atoms with Crippen molar-refractivity contribution in [2.45, 2.75) is 6.92 Å². The van der Waals surface area contributed by atoms with E-state index in [0.29, 0.717) is 17.0 Å². The molecule has 0 aliphatic carbocycles. The van der Waals surface area contributed by atoms with Gasteiger partial charge in [-0.05, 0) is 61.0 Å². The molecule has 0 unspecified atom stereocenters. The molecule has 3 N–H and O–H groups in total. The topological polar surface area (TPSA) is 109 Å². The van der Waals surface area contributed by atoms with Crippen LogP contribution < -0.4 is 20.8 Å². The number of rotatable bonds is 6. The SMILES string of the molecule is COc1ccc(/C=N\NC(=O)C(=O)Nc2ccccc2C(=O)Nc2ccc(C)cc2)cc1. The highest BCUT2D eigenvalue weighted by Crippen LogP contribution is 2.18. The van der Waals surface area contributed by atoms with Gasteiger partial charge >= 0.3 is 11.8 Å². The third-order valence-electron chi connectivity index (χ3n) is 4.43. The summed E-state index contributed by atoms with van der Waals surface area (Å²) < 4.78 is 5.07. The van der Waals surface area contributed by atoms with E-state index >= 15 is 0 Å². The molecule has 162 valence electrons. The number of aryl methyl sites for hydroxylation is 1. The zero-order chi connectivity index (χ0) is 22.9. The molecule has 3 aromatic carbocycles. The normalized spacial score (nSPS) is 10.4. The number of carbonyl (C=O) groups excluding carboxylic acids is 3. The van der Waals surface area contributed by atoms with Crippen LogP contribution in [0, 0.1) is 6.92 Å². The highest BCUT2D eigenvalue weighted by molar-refractivity contribution is 6.40. The van der Waals surface area contributed by atoms with Crippen LogP contribution in [-0.2, 0) is 9.59 Å². The molecule has 8 nitrogen and oxygen atoms in total. The van der Waals surface area contributed by atoms with Crippen LogP contribution in [0.3, 0.4) is 0 Å². The lowest BCUT2D eigenvalue weighted by molar-refractivity contribution is -0.136. The standard InChI is InChI=1S/C24H22N4O4/c1-16-7-11-18(12-8-16)26-22(29)20-5-3-4-6-21(20)27-23(30)24(31)28-25-15-17-9-13-19(32-2)14-10-17/h3-15H,1-2H3,(H,26,29)(H,27,30)(H,28,31)/b25-15-. The summed E-state index contributed by atoms with van der Waals surface area (Å²) in [4.78, 5) is 37.0. The first-order valence-corrected chi connectivity index (χ1v) is 9.72. The molecular weight excluding hydrogens is 408 g/mol. The number of hydrogen-bond acceptors (Lipinski definition) is 5. The van der Waals surface area contributed by atoms with Crippen molar-refractivity contribution in [1.82, 2.24) is 5.43 Å². The molecule has 0 radical (unpaired) electrons. The van der Waals surface area contributed by atoms with Gasteiger partial charge in [-0.3, -0.25) is 14.4 Å². The van der Waals surface area contributed by atoms with Crippen LogP contribution in [0.1, 0.15) is 21.5 Å². The van der Waals surface area contributed by atoms with Gasteiger partial charge < -0.3 is 15.4 Å². The van der Waals surface area contributed by atoms with Crippen molar-refractivity contribution in [1.29, 1.82) is 0 Å². The molecule has 0 fully saturated rings. The first kappa shape index (κ1) is 22.2. The fourth-order valence-electron chi connectivity index (χ4n) is 2.71. The van der Waals surface area contributed by atoms with Crippen LogP contribution in [0.5, 0.6) is 5.75 Å². The van der Waals surface area contributed by atoms with Crippen LogP contribution >= 0.6 is 0 Å². The number of hydrazone groups is 1. The number of nitrogens with zero attached hydrogens (tertiary/aromatic N) is 1. The highest BCUT2D eigenvalue weighted by atomic mass is 16.5. The summed E-state index contributed by atoms with van der Waals surface area (Å²) >= 11 is 0. The molecule has 3 rings (SSSR count). The first-order chi connectivity index (χ1) is 15.5. The van der Waals surface area contributed by atoms with Crippen molar-refractivity contribution in [3.63, 3.8) is 0 Å². The maximum atomic E-state index is 12.7. The van der Waals surface area contributed by atoms with E-state index in [-0.39, 0.29) is 11.3 Å². The molecule has 0 aliphatic rings. The molecule has 0 aromatic heterocycles. The molecule has 0 heterocycles. The minimum atomic E-state index is -0.969. The Kier molecular flexibility index (Phi) is 7.32.